The zero-order valence-corrected chi connectivity index (χ0v) is 14.7. The molecule has 0 aliphatic carbocycles. The van der Waals surface area contributed by atoms with Crippen LogP contribution in [0.5, 0.6) is 0 Å². The van der Waals surface area contributed by atoms with E-state index in [0.29, 0.717) is 36.4 Å². The molecule has 8 heteroatoms. The highest BCUT2D eigenvalue weighted by Gasteiger charge is 2.44. The molecule has 2 aliphatic rings. The van der Waals surface area contributed by atoms with Gasteiger partial charge in [0.25, 0.3) is 5.91 Å². The minimum Gasteiger partial charge on any atom is -0.481 e. The van der Waals surface area contributed by atoms with Crippen molar-refractivity contribution in [2.45, 2.75) is 17.7 Å². The number of carbonyl (C=O) groups excluding carboxylic acids is 2. The van der Waals surface area contributed by atoms with Crippen LogP contribution in [0.15, 0.2) is 23.1 Å². The zero-order valence-electron chi connectivity index (χ0n) is 13.9. The molecule has 134 valence electrons. The monoisotopic (exact) mass is 364 g/mol. The van der Waals surface area contributed by atoms with Gasteiger partial charge in [-0.3, -0.25) is 14.4 Å². The molecule has 7 nitrogen and oxygen atoms in total. The molecule has 1 saturated heterocycles. The second kappa shape index (κ2) is 7.05. The second-order valence-electron chi connectivity index (χ2n) is 6.40. The van der Waals surface area contributed by atoms with Crippen LogP contribution >= 0.6 is 11.8 Å². The van der Waals surface area contributed by atoms with E-state index in [9.17, 15) is 19.5 Å². The van der Waals surface area contributed by atoms with Crippen LogP contribution in [0.4, 0.5) is 5.69 Å². The van der Waals surface area contributed by atoms with Crippen LogP contribution in [0.2, 0.25) is 0 Å². The highest BCUT2D eigenvalue weighted by Crippen LogP contribution is 2.34. The van der Waals surface area contributed by atoms with Crippen molar-refractivity contribution >= 4 is 35.2 Å². The lowest BCUT2D eigenvalue weighted by molar-refractivity contribution is -0.155. The number of hydrogen-bond acceptors (Lipinski definition) is 5. The molecule has 0 bridgehead atoms. The lowest BCUT2D eigenvalue weighted by Gasteiger charge is -2.39. The van der Waals surface area contributed by atoms with Gasteiger partial charge in [-0.1, -0.05) is 0 Å². The first-order valence-corrected chi connectivity index (χ1v) is 9.02. The van der Waals surface area contributed by atoms with E-state index < -0.39 is 11.4 Å². The number of rotatable bonds is 4. The third-order valence-corrected chi connectivity index (χ3v) is 5.67. The number of amides is 2. The van der Waals surface area contributed by atoms with Crippen LogP contribution in [0.25, 0.3) is 0 Å². The molecule has 2 aliphatic heterocycles. The fourth-order valence-electron chi connectivity index (χ4n) is 3.33. The molecule has 2 amide bonds. The van der Waals surface area contributed by atoms with Crippen molar-refractivity contribution in [3.63, 3.8) is 0 Å². The molecule has 1 aromatic carbocycles. The Morgan fingerprint density at radius 3 is 2.96 bits per heavy atom. The van der Waals surface area contributed by atoms with Crippen LogP contribution in [0, 0.1) is 5.41 Å². The van der Waals surface area contributed by atoms with Crippen LogP contribution in [0.1, 0.15) is 23.2 Å². The Labute approximate surface area is 149 Å². The van der Waals surface area contributed by atoms with Gasteiger partial charge in [-0.25, -0.2) is 0 Å². The average Bonchev–Trinajstić information content (AvgIpc) is 2.60. The van der Waals surface area contributed by atoms with Gasteiger partial charge in [0.05, 0.1) is 18.0 Å². The number of anilines is 1. The number of benzene rings is 1. The van der Waals surface area contributed by atoms with Gasteiger partial charge < -0.3 is 20.1 Å². The smallest absolute Gasteiger partial charge is 0.313 e. The van der Waals surface area contributed by atoms with E-state index in [1.165, 1.54) is 18.9 Å². The molecule has 0 saturated carbocycles. The summed E-state index contributed by atoms with van der Waals surface area (Å²) in [5.41, 5.74) is 0.00616. The minimum absolute atomic E-state index is 0.0724. The first kappa shape index (κ1) is 17.8. The Hall–Kier alpha value is -2.06. The number of piperidine rings is 1. The number of likely N-dealkylation sites (tertiary alicyclic amines) is 1. The van der Waals surface area contributed by atoms with E-state index in [4.69, 9.17) is 4.74 Å². The Morgan fingerprint density at radius 1 is 1.44 bits per heavy atom. The van der Waals surface area contributed by atoms with Gasteiger partial charge in [0.2, 0.25) is 5.91 Å². The first-order chi connectivity index (χ1) is 11.9. The van der Waals surface area contributed by atoms with Gasteiger partial charge in [-0.05, 0) is 31.0 Å². The molecule has 0 aromatic heterocycles. The van der Waals surface area contributed by atoms with Crippen molar-refractivity contribution in [3.05, 3.63) is 23.8 Å². The normalized spacial score (nSPS) is 22.9. The third-order valence-electron chi connectivity index (χ3n) is 4.60. The highest BCUT2D eigenvalue weighted by molar-refractivity contribution is 8.00. The van der Waals surface area contributed by atoms with E-state index in [-0.39, 0.29) is 25.0 Å². The SMILES string of the molecule is COCC1(C(=O)O)CCCN(C(=O)c2ccc3c(c2)NC(=O)CS3)C1. The Morgan fingerprint density at radius 2 is 2.24 bits per heavy atom. The van der Waals surface area contributed by atoms with E-state index in [2.05, 4.69) is 5.32 Å². The van der Waals surface area contributed by atoms with Gasteiger partial charge in [-0.2, -0.15) is 0 Å². The number of hydrogen-bond donors (Lipinski definition) is 2. The number of nitrogens with one attached hydrogen (secondary N) is 1. The van der Waals surface area contributed by atoms with Crippen molar-refractivity contribution in [1.29, 1.82) is 0 Å². The molecule has 0 radical (unpaired) electrons. The summed E-state index contributed by atoms with van der Waals surface area (Å²) in [5.74, 6) is -0.898. The van der Waals surface area contributed by atoms with E-state index >= 15 is 0 Å². The maximum absolute atomic E-state index is 12.9. The van der Waals surface area contributed by atoms with Crippen molar-refractivity contribution < 1.29 is 24.2 Å². The number of carboxylic acid groups (broad SMARTS) is 1. The predicted octanol–water partition coefficient (Wildman–Crippen LogP) is 1.68. The van der Waals surface area contributed by atoms with Gasteiger partial charge in [0, 0.05) is 30.7 Å². The molecular formula is C17H20N2O5S. The number of aliphatic carboxylic acids is 1. The molecular weight excluding hydrogens is 344 g/mol. The van der Waals surface area contributed by atoms with Gasteiger partial charge in [0.1, 0.15) is 5.41 Å². The molecule has 2 heterocycles. The molecule has 2 N–H and O–H groups in total. The minimum atomic E-state index is -1.07. The summed E-state index contributed by atoms with van der Waals surface area (Å²) in [5, 5.41) is 12.4. The average molecular weight is 364 g/mol. The number of carbonyl (C=O) groups is 3. The van der Waals surface area contributed by atoms with Crippen molar-refractivity contribution in [2.75, 3.05) is 37.9 Å². The van der Waals surface area contributed by atoms with Gasteiger partial charge >= 0.3 is 5.97 Å². The number of fused-ring (bicyclic) bond motifs is 1. The number of nitrogens with zero attached hydrogens (tertiary/aromatic N) is 1. The van der Waals surface area contributed by atoms with Gasteiger partial charge in [0.15, 0.2) is 0 Å². The number of thioether (sulfide) groups is 1. The zero-order chi connectivity index (χ0) is 18.0. The summed E-state index contributed by atoms with van der Waals surface area (Å²) in [6.07, 6.45) is 1.09. The molecule has 1 fully saturated rings. The highest BCUT2D eigenvalue weighted by atomic mass is 32.2. The summed E-state index contributed by atoms with van der Waals surface area (Å²) in [6.45, 7) is 0.700. The van der Waals surface area contributed by atoms with Crippen LogP contribution < -0.4 is 5.32 Å². The molecule has 1 atom stereocenters. The molecule has 0 spiro atoms. The number of methoxy groups -OCH3 is 1. The number of carboxylic acids is 1. The number of ether oxygens (including phenoxy) is 1. The summed E-state index contributed by atoms with van der Waals surface area (Å²) in [4.78, 5) is 38.6. The quantitative estimate of drug-likeness (QED) is 0.844. The Kier molecular flexibility index (Phi) is 5.01. The maximum atomic E-state index is 12.9. The standard InChI is InChI=1S/C17H20N2O5S/c1-24-10-17(16(22)23)5-2-6-19(9-17)15(21)11-3-4-13-12(7-11)18-14(20)8-25-13/h3-4,7H,2,5-6,8-10H2,1H3,(H,18,20)(H,22,23). The first-order valence-electron chi connectivity index (χ1n) is 8.03. The van der Waals surface area contributed by atoms with Crippen molar-refractivity contribution in [3.8, 4) is 0 Å². The van der Waals surface area contributed by atoms with Crippen LogP contribution in [0.3, 0.4) is 0 Å². The van der Waals surface area contributed by atoms with E-state index in [0.717, 1.165) is 4.90 Å². The largest absolute Gasteiger partial charge is 0.481 e. The lowest BCUT2D eigenvalue weighted by atomic mass is 9.80. The topological polar surface area (TPSA) is 95.9 Å². The van der Waals surface area contributed by atoms with Crippen LogP contribution in [-0.4, -0.2) is 60.3 Å². The fraction of sp³-hybridized carbons (Fsp3) is 0.471. The van der Waals surface area contributed by atoms with Crippen molar-refractivity contribution in [1.82, 2.24) is 4.90 Å². The van der Waals surface area contributed by atoms with E-state index in [1.807, 2.05) is 6.07 Å². The molecule has 1 unspecified atom stereocenters. The fourth-order valence-corrected chi connectivity index (χ4v) is 4.12. The molecule has 1 aromatic rings. The second-order valence-corrected chi connectivity index (χ2v) is 7.41. The predicted molar refractivity (Wildman–Crippen MR) is 92.9 cm³/mol. The summed E-state index contributed by atoms with van der Waals surface area (Å²) >= 11 is 1.43. The van der Waals surface area contributed by atoms with Crippen LogP contribution in [-0.2, 0) is 14.3 Å². The summed E-state index contributed by atoms with van der Waals surface area (Å²) < 4.78 is 5.10. The lowest BCUT2D eigenvalue weighted by Crippen LogP contribution is -2.52. The summed E-state index contributed by atoms with van der Waals surface area (Å²) in [7, 11) is 1.47. The Bertz CT molecular complexity index is 719. The Balaban J connectivity index is 1.82. The summed E-state index contributed by atoms with van der Waals surface area (Å²) in [6, 6.07) is 5.20. The molecule has 25 heavy (non-hydrogen) atoms. The maximum Gasteiger partial charge on any atom is 0.313 e. The van der Waals surface area contributed by atoms with E-state index in [1.54, 1.807) is 17.0 Å². The third kappa shape index (κ3) is 3.50. The van der Waals surface area contributed by atoms with Gasteiger partial charge in [-0.15, -0.1) is 11.8 Å². The van der Waals surface area contributed by atoms with Crippen molar-refractivity contribution in [2.24, 2.45) is 5.41 Å². The molecule has 3 rings (SSSR count).